The molecule has 7 heteroatoms. The summed E-state index contributed by atoms with van der Waals surface area (Å²) in [6, 6.07) is 15.0. The van der Waals surface area contributed by atoms with Gasteiger partial charge in [-0.1, -0.05) is 35.3 Å². The van der Waals surface area contributed by atoms with E-state index in [4.69, 9.17) is 0 Å². The SMILES string of the molecule is Bc1cn(S(=O)(=O)c2ccc(C)cc2)c2ccc(-c3c(F)cccc3F)cc12. The van der Waals surface area contributed by atoms with Gasteiger partial charge in [-0.3, -0.25) is 0 Å². The minimum Gasteiger partial charge on any atom is -0.242 e. The third kappa shape index (κ3) is 2.92. The Balaban J connectivity index is 1.91. The average molecular weight is 395 g/mol. The molecule has 0 saturated heterocycles. The second-order valence-corrected chi connectivity index (χ2v) is 8.57. The van der Waals surface area contributed by atoms with E-state index in [1.54, 1.807) is 44.2 Å². The minimum atomic E-state index is -3.79. The summed E-state index contributed by atoms with van der Waals surface area (Å²) in [5.74, 6) is -1.33. The van der Waals surface area contributed by atoms with Gasteiger partial charge in [0.25, 0.3) is 10.0 Å². The molecule has 4 rings (SSSR count). The summed E-state index contributed by atoms with van der Waals surface area (Å²) < 4.78 is 55.7. The molecule has 28 heavy (non-hydrogen) atoms. The molecule has 3 nitrogen and oxygen atoms in total. The van der Waals surface area contributed by atoms with E-state index in [1.165, 1.54) is 34.4 Å². The highest BCUT2D eigenvalue weighted by molar-refractivity contribution is 7.90. The summed E-state index contributed by atoms with van der Waals surface area (Å²) >= 11 is 0. The molecule has 0 fully saturated rings. The maximum atomic E-state index is 14.1. The van der Waals surface area contributed by atoms with E-state index in [2.05, 4.69) is 0 Å². The topological polar surface area (TPSA) is 39.1 Å². The molecule has 0 aliphatic rings. The lowest BCUT2D eigenvalue weighted by Crippen LogP contribution is -2.12. The third-order valence-electron chi connectivity index (χ3n) is 4.80. The highest BCUT2D eigenvalue weighted by atomic mass is 32.2. The molecule has 1 aromatic heterocycles. The first-order valence-corrected chi connectivity index (χ1v) is 10.1. The van der Waals surface area contributed by atoms with E-state index in [1.807, 2.05) is 6.92 Å². The molecule has 0 N–H and O–H groups in total. The maximum Gasteiger partial charge on any atom is 0.268 e. The molecule has 0 atom stereocenters. The Bertz CT molecular complexity index is 1290. The fraction of sp³-hybridized carbons (Fsp3) is 0.0476. The summed E-state index contributed by atoms with van der Waals surface area (Å²) in [4.78, 5) is 0.180. The van der Waals surface area contributed by atoms with Crippen LogP contribution in [0.1, 0.15) is 5.56 Å². The number of fused-ring (bicyclic) bond motifs is 1. The van der Waals surface area contributed by atoms with Gasteiger partial charge >= 0.3 is 0 Å². The predicted molar refractivity (Wildman–Crippen MR) is 109 cm³/mol. The summed E-state index contributed by atoms with van der Waals surface area (Å²) in [7, 11) is -2.02. The fourth-order valence-corrected chi connectivity index (χ4v) is 4.73. The molecule has 0 bridgehead atoms. The van der Waals surface area contributed by atoms with Crippen LogP contribution >= 0.6 is 0 Å². The van der Waals surface area contributed by atoms with Gasteiger partial charge in [-0.2, -0.15) is 0 Å². The molecule has 3 aromatic carbocycles. The van der Waals surface area contributed by atoms with Crippen molar-refractivity contribution < 1.29 is 17.2 Å². The Hall–Kier alpha value is -2.93. The lowest BCUT2D eigenvalue weighted by molar-refractivity contribution is 0.588. The van der Waals surface area contributed by atoms with Crippen molar-refractivity contribution in [3.05, 3.63) is 84.1 Å². The van der Waals surface area contributed by atoms with E-state index in [0.717, 1.165) is 5.56 Å². The van der Waals surface area contributed by atoms with Gasteiger partial charge in [0.05, 0.1) is 16.0 Å². The van der Waals surface area contributed by atoms with Gasteiger partial charge in [-0.15, -0.1) is 0 Å². The zero-order chi connectivity index (χ0) is 20.1. The summed E-state index contributed by atoms with van der Waals surface area (Å²) in [5.41, 5.74) is 2.35. The van der Waals surface area contributed by atoms with Crippen molar-refractivity contribution in [3.8, 4) is 11.1 Å². The number of aryl methyl sites for hydroxylation is 1. The molecule has 0 spiro atoms. The Morgan fingerprint density at radius 2 is 1.57 bits per heavy atom. The number of hydrogen-bond donors (Lipinski definition) is 0. The number of halogens is 2. The van der Waals surface area contributed by atoms with E-state index in [9.17, 15) is 17.2 Å². The molecule has 0 aliphatic heterocycles. The molecule has 0 unspecified atom stereocenters. The Morgan fingerprint density at radius 3 is 2.21 bits per heavy atom. The second-order valence-electron chi connectivity index (χ2n) is 6.75. The van der Waals surface area contributed by atoms with Crippen LogP contribution < -0.4 is 5.46 Å². The fourth-order valence-electron chi connectivity index (χ4n) is 3.31. The van der Waals surface area contributed by atoms with Crippen molar-refractivity contribution in [1.82, 2.24) is 3.97 Å². The molecule has 1 heterocycles. The van der Waals surface area contributed by atoms with Crippen LogP contribution in [0.15, 0.2) is 71.8 Å². The molecular weight excluding hydrogens is 379 g/mol. The normalized spacial score (nSPS) is 11.8. The highest BCUT2D eigenvalue weighted by Gasteiger charge is 2.21. The summed E-state index contributed by atoms with van der Waals surface area (Å²) in [5, 5.41) is 0.621. The van der Waals surface area contributed by atoms with Crippen LogP contribution in [0.3, 0.4) is 0 Å². The molecule has 140 valence electrons. The van der Waals surface area contributed by atoms with Gasteiger partial charge in [0.1, 0.15) is 19.5 Å². The predicted octanol–water partition coefficient (Wildman–Crippen LogP) is 3.39. The first-order chi connectivity index (χ1) is 13.3. The molecule has 0 saturated carbocycles. The van der Waals surface area contributed by atoms with Gasteiger partial charge in [0, 0.05) is 6.20 Å². The largest absolute Gasteiger partial charge is 0.268 e. The first kappa shape index (κ1) is 18.4. The highest BCUT2D eigenvalue weighted by Crippen LogP contribution is 2.30. The lowest BCUT2D eigenvalue weighted by atomic mass is 9.93. The standard InChI is InChI=1S/C21H16BF2NO2S/c1-13-5-8-15(9-6-13)28(26,27)25-12-17(22)16-11-14(7-10-20(16)25)21-18(23)3-2-4-19(21)24/h2-12H,22H2,1H3. The molecular formula is C21H16BF2NO2S. The van der Waals surface area contributed by atoms with Crippen LogP contribution in [-0.4, -0.2) is 20.2 Å². The Morgan fingerprint density at radius 1 is 0.929 bits per heavy atom. The van der Waals surface area contributed by atoms with Crippen LogP contribution in [0, 0.1) is 18.6 Å². The molecule has 0 aliphatic carbocycles. The van der Waals surface area contributed by atoms with Crippen molar-refractivity contribution >= 4 is 34.2 Å². The summed E-state index contributed by atoms with van der Waals surface area (Å²) in [6.07, 6.45) is 1.53. The van der Waals surface area contributed by atoms with E-state index < -0.39 is 21.7 Å². The molecule has 0 amide bonds. The van der Waals surface area contributed by atoms with Crippen molar-refractivity contribution in [3.63, 3.8) is 0 Å². The first-order valence-electron chi connectivity index (χ1n) is 8.67. The number of rotatable bonds is 3. The number of nitrogens with zero attached hydrogens (tertiary/aromatic N) is 1. The molecule has 4 aromatic rings. The number of hydrogen-bond acceptors (Lipinski definition) is 2. The van der Waals surface area contributed by atoms with Crippen LogP contribution in [-0.2, 0) is 10.0 Å². The monoisotopic (exact) mass is 395 g/mol. The zero-order valence-corrected chi connectivity index (χ0v) is 16.1. The zero-order valence-electron chi connectivity index (χ0n) is 15.3. The second kappa shape index (κ2) is 6.60. The van der Waals surface area contributed by atoms with Gasteiger partial charge in [-0.05, 0) is 54.3 Å². The smallest absolute Gasteiger partial charge is 0.242 e. The van der Waals surface area contributed by atoms with Crippen LogP contribution in [0.2, 0.25) is 0 Å². The van der Waals surface area contributed by atoms with Crippen molar-refractivity contribution in [1.29, 1.82) is 0 Å². The van der Waals surface area contributed by atoms with Crippen molar-refractivity contribution in [2.45, 2.75) is 11.8 Å². The minimum absolute atomic E-state index is 0.127. The van der Waals surface area contributed by atoms with Crippen LogP contribution in [0.5, 0.6) is 0 Å². The Labute approximate surface area is 162 Å². The molecule has 0 radical (unpaired) electrons. The van der Waals surface area contributed by atoms with Crippen LogP contribution in [0.25, 0.3) is 22.0 Å². The number of aromatic nitrogens is 1. The van der Waals surface area contributed by atoms with Gasteiger partial charge in [-0.25, -0.2) is 21.2 Å². The van der Waals surface area contributed by atoms with Crippen molar-refractivity contribution in [2.75, 3.05) is 0 Å². The van der Waals surface area contributed by atoms with Gasteiger partial charge in [0.15, 0.2) is 0 Å². The van der Waals surface area contributed by atoms with E-state index >= 15 is 0 Å². The van der Waals surface area contributed by atoms with E-state index in [-0.39, 0.29) is 10.5 Å². The number of benzene rings is 3. The lowest BCUT2D eigenvalue weighted by Gasteiger charge is -2.09. The van der Waals surface area contributed by atoms with Gasteiger partial charge < -0.3 is 0 Å². The maximum absolute atomic E-state index is 14.1. The van der Waals surface area contributed by atoms with Gasteiger partial charge in [0.2, 0.25) is 0 Å². The summed E-state index contributed by atoms with van der Waals surface area (Å²) in [6.45, 7) is 1.88. The third-order valence-corrected chi connectivity index (χ3v) is 6.49. The van der Waals surface area contributed by atoms with Crippen molar-refractivity contribution in [2.24, 2.45) is 0 Å². The van der Waals surface area contributed by atoms with E-state index in [0.29, 0.717) is 21.9 Å². The Kier molecular flexibility index (Phi) is 4.35. The van der Waals surface area contributed by atoms with Crippen LogP contribution in [0.4, 0.5) is 8.78 Å². The quantitative estimate of drug-likeness (QED) is 0.499. The average Bonchev–Trinajstić information content (AvgIpc) is 2.99.